The first-order valence-electron chi connectivity index (χ1n) is 5.82. The van der Waals surface area contributed by atoms with Gasteiger partial charge in [0.2, 0.25) is 5.91 Å². The van der Waals surface area contributed by atoms with E-state index in [2.05, 4.69) is 0 Å². The van der Waals surface area contributed by atoms with Crippen molar-refractivity contribution in [1.29, 1.82) is 0 Å². The van der Waals surface area contributed by atoms with Crippen molar-refractivity contribution in [2.24, 2.45) is 5.92 Å². The Hall–Kier alpha value is -0.610. The molecule has 2 fully saturated rings. The van der Waals surface area contributed by atoms with E-state index in [1.165, 1.54) is 0 Å². The fourth-order valence-corrected chi connectivity index (χ4v) is 2.29. The van der Waals surface area contributed by atoms with Gasteiger partial charge in [0.25, 0.3) is 0 Å². The first-order valence-corrected chi connectivity index (χ1v) is 5.82. The summed E-state index contributed by atoms with van der Waals surface area (Å²) < 4.78 is 5.24. The summed E-state index contributed by atoms with van der Waals surface area (Å²) in [6.45, 7) is 2.87. The molecule has 2 rings (SSSR count). The number of piperidine rings is 1. The lowest BCUT2D eigenvalue weighted by Crippen LogP contribution is -2.44. The molecule has 0 aromatic carbocycles. The zero-order valence-electron chi connectivity index (χ0n) is 9.02. The average molecular weight is 213 g/mol. The van der Waals surface area contributed by atoms with Gasteiger partial charge in [-0.25, -0.2) is 0 Å². The van der Waals surface area contributed by atoms with Gasteiger partial charge < -0.3 is 14.7 Å². The molecule has 0 unspecified atom stereocenters. The second kappa shape index (κ2) is 4.94. The van der Waals surface area contributed by atoms with Crippen molar-refractivity contribution >= 4 is 5.91 Å². The SMILES string of the molecule is O=C(C1CCOCC1)N1CCC(O)CC1. The van der Waals surface area contributed by atoms with Crippen LogP contribution in [-0.4, -0.2) is 48.3 Å². The van der Waals surface area contributed by atoms with Crippen LogP contribution in [0, 0.1) is 5.92 Å². The molecular formula is C11H19NO3. The summed E-state index contributed by atoms with van der Waals surface area (Å²) in [4.78, 5) is 14.0. The number of hydrogen-bond acceptors (Lipinski definition) is 3. The lowest BCUT2D eigenvalue weighted by Gasteiger charge is -2.33. The molecule has 2 heterocycles. The number of likely N-dealkylation sites (tertiary alicyclic amines) is 1. The molecule has 0 aromatic rings. The molecule has 4 heteroatoms. The maximum atomic E-state index is 12.0. The third-order valence-electron chi connectivity index (χ3n) is 3.35. The van der Waals surface area contributed by atoms with E-state index < -0.39 is 0 Å². The Labute approximate surface area is 90.2 Å². The number of aliphatic hydroxyl groups excluding tert-OH is 1. The maximum Gasteiger partial charge on any atom is 0.225 e. The molecule has 0 aliphatic carbocycles. The van der Waals surface area contributed by atoms with Crippen LogP contribution in [0.3, 0.4) is 0 Å². The van der Waals surface area contributed by atoms with E-state index >= 15 is 0 Å². The van der Waals surface area contributed by atoms with Gasteiger partial charge in [-0.05, 0) is 25.7 Å². The second-order valence-corrected chi connectivity index (χ2v) is 4.44. The Morgan fingerprint density at radius 3 is 2.33 bits per heavy atom. The van der Waals surface area contributed by atoms with Crippen molar-refractivity contribution in [3.63, 3.8) is 0 Å². The highest BCUT2D eigenvalue weighted by Gasteiger charge is 2.28. The van der Waals surface area contributed by atoms with Crippen LogP contribution < -0.4 is 0 Å². The molecule has 15 heavy (non-hydrogen) atoms. The topological polar surface area (TPSA) is 49.8 Å². The lowest BCUT2D eigenvalue weighted by atomic mass is 9.97. The normalized spacial score (nSPS) is 25.5. The third-order valence-corrected chi connectivity index (χ3v) is 3.35. The maximum absolute atomic E-state index is 12.0. The van der Waals surface area contributed by atoms with E-state index in [1.807, 2.05) is 4.90 Å². The minimum atomic E-state index is -0.205. The Morgan fingerprint density at radius 1 is 1.13 bits per heavy atom. The van der Waals surface area contributed by atoms with Gasteiger partial charge in [0.05, 0.1) is 6.10 Å². The van der Waals surface area contributed by atoms with Gasteiger partial charge in [0, 0.05) is 32.2 Å². The zero-order valence-corrected chi connectivity index (χ0v) is 9.02. The van der Waals surface area contributed by atoms with Crippen molar-refractivity contribution < 1.29 is 14.6 Å². The van der Waals surface area contributed by atoms with Crippen molar-refractivity contribution in [3.8, 4) is 0 Å². The zero-order chi connectivity index (χ0) is 10.7. The Bertz CT molecular complexity index is 218. The van der Waals surface area contributed by atoms with Crippen LogP contribution in [-0.2, 0) is 9.53 Å². The van der Waals surface area contributed by atoms with Crippen molar-refractivity contribution in [1.82, 2.24) is 4.90 Å². The molecule has 1 amide bonds. The Balaban J connectivity index is 1.84. The minimum Gasteiger partial charge on any atom is -0.393 e. The smallest absolute Gasteiger partial charge is 0.225 e. The summed E-state index contributed by atoms with van der Waals surface area (Å²) in [5.41, 5.74) is 0. The van der Waals surface area contributed by atoms with Gasteiger partial charge in [-0.2, -0.15) is 0 Å². The number of nitrogens with zero attached hydrogens (tertiary/aromatic N) is 1. The van der Waals surface area contributed by atoms with E-state index in [9.17, 15) is 9.90 Å². The molecule has 2 saturated heterocycles. The van der Waals surface area contributed by atoms with Gasteiger partial charge in [-0.3, -0.25) is 4.79 Å². The number of amides is 1. The van der Waals surface area contributed by atoms with Crippen molar-refractivity contribution in [2.75, 3.05) is 26.3 Å². The number of carbonyl (C=O) groups excluding carboxylic acids is 1. The number of aliphatic hydroxyl groups is 1. The predicted octanol–water partition coefficient (Wildman–Crippen LogP) is 0.396. The molecule has 4 nitrogen and oxygen atoms in total. The van der Waals surface area contributed by atoms with Crippen LogP contribution in [0.1, 0.15) is 25.7 Å². The largest absolute Gasteiger partial charge is 0.393 e. The first kappa shape index (κ1) is 10.9. The van der Waals surface area contributed by atoms with E-state index in [0.29, 0.717) is 13.2 Å². The van der Waals surface area contributed by atoms with Gasteiger partial charge in [0.15, 0.2) is 0 Å². The lowest BCUT2D eigenvalue weighted by molar-refractivity contribution is -0.140. The van der Waals surface area contributed by atoms with Crippen molar-refractivity contribution in [3.05, 3.63) is 0 Å². The van der Waals surface area contributed by atoms with E-state index in [1.54, 1.807) is 0 Å². The highest BCUT2D eigenvalue weighted by Crippen LogP contribution is 2.20. The highest BCUT2D eigenvalue weighted by atomic mass is 16.5. The van der Waals surface area contributed by atoms with Crippen LogP contribution in [0.2, 0.25) is 0 Å². The molecule has 1 N–H and O–H groups in total. The van der Waals surface area contributed by atoms with Crippen LogP contribution >= 0.6 is 0 Å². The van der Waals surface area contributed by atoms with E-state index in [-0.39, 0.29) is 17.9 Å². The van der Waals surface area contributed by atoms with E-state index in [0.717, 1.165) is 38.8 Å². The number of carbonyl (C=O) groups is 1. The molecule has 0 radical (unpaired) electrons. The molecule has 0 bridgehead atoms. The summed E-state index contributed by atoms with van der Waals surface area (Å²) in [6, 6.07) is 0. The summed E-state index contributed by atoms with van der Waals surface area (Å²) in [6.07, 6.45) is 2.98. The Kier molecular flexibility index (Phi) is 3.59. The standard InChI is InChI=1S/C11H19NO3/c13-10-1-5-12(6-2-10)11(14)9-3-7-15-8-4-9/h9-10,13H,1-8H2. The van der Waals surface area contributed by atoms with Gasteiger partial charge in [0.1, 0.15) is 0 Å². The molecule has 86 valence electrons. The van der Waals surface area contributed by atoms with Gasteiger partial charge in [-0.1, -0.05) is 0 Å². The molecule has 0 saturated carbocycles. The summed E-state index contributed by atoms with van der Waals surface area (Å²) >= 11 is 0. The molecule has 0 atom stereocenters. The minimum absolute atomic E-state index is 0.161. The molecular weight excluding hydrogens is 194 g/mol. The van der Waals surface area contributed by atoms with E-state index in [4.69, 9.17) is 4.74 Å². The fraction of sp³-hybridized carbons (Fsp3) is 0.909. The molecule has 2 aliphatic heterocycles. The van der Waals surface area contributed by atoms with Crippen LogP contribution in [0.25, 0.3) is 0 Å². The van der Waals surface area contributed by atoms with Crippen LogP contribution in [0.15, 0.2) is 0 Å². The highest BCUT2D eigenvalue weighted by molar-refractivity contribution is 5.79. The molecule has 0 aromatic heterocycles. The quantitative estimate of drug-likeness (QED) is 0.685. The first-order chi connectivity index (χ1) is 7.27. The third kappa shape index (κ3) is 2.69. The second-order valence-electron chi connectivity index (χ2n) is 4.44. The van der Waals surface area contributed by atoms with Gasteiger partial charge in [-0.15, -0.1) is 0 Å². The predicted molar refractivity (Wildman–Crippen MR) is 55.4 cm³/mol. The Morgan fingerprint density at radius 2 is 1.73 bits per heavy atom. The monoisotopic (exact) mass is 213 g/mol. The van der Waals surface area contributed by atoms with Gasteiger partial charge >= 0.3 is 0 Å². The van der Waals surface area contributed by atoms with Crippen LogP contribution in [0.5, 0.6) is 0 Å². The summed E-state index contributed by atoms with van der Waals surface area (Å²) in [5.74, 6) is 0.430. The number of rotatable bonds is 1. The molecule has 0 spiro atoms. The molecule has 2 aliphatic rings. The summed E-state index contributed by atoms with van der Waals surface area (Å²) in [7, 11) is 0. The summed E-state index contributed by atoms with van der Waals surface area (Å²) in [5, 5.41) is 9.36. The number of ether oxygens (including phenoxy) is 1. The average Bonchev–Trinajstić information content (AvgIpc) is 2.30. The number of hydrogen-bond donors (Lipinski definition) is 1. The van der Waals surface area contributed by atoms with Crippen molar-refractivity contribution in [2.45, 2.75) is 31.8 Å². The fourth-order valence-electron chi connectivity index (χ4n) is 2.29. The van der Waals surface area contributed by atoms with Crippen LogP contribution in [0.4, 0.5) is 0 Å².